The Morgan fingerprint density at radius 2 is 1.83 bits per heavy atom. The molecule has 2 atom stereocenters. The molecule has 2 aromatic rings. The van der Waals surface area contributed by atoms with Gasteiger partial charge in [0, 0.05) is 17.5 Å². The van der Waals surface area contributed by atoms with Crippen molar-refractivity contribution in [3.8, 4) is 17.2 Å². The number of carboxylic acids is 1. The van der Waals surface area contributed by atoms with E-state index in [-0.39, 0.29) is 18.4 Å². The molecule has 5 nitrogen and oxygen atoms in total. The molecular weight excluding hydrogens is 296 g/mol. The maximum absolute atomic E-state index is 10.9. The number of carbonyl (C=O) groups is 1. The second kappa shape index (κ2) is 5.50. The SMILES string of the molecule is O=C(O)CC1COc2cc3c(cc21)OCC(c1ccccc1)O3. The van der Waals surface area contributed by atoms with Gasteiger partial charge in [-0.25, -0.2) is 0 Å². The van der Waals surface area contributed by atoms with Crippen molar-refractivity contribution in [3.05, 3.63) is 53.6 Å². The zero-order valence-corrected chi connectivity index (χ0v) is 12.4. The lowest BCUT2D eigenvalue weighted by Crippen LogP contribution is -2.21. The molecule has 0 aromatic heterocycles. The molecule has 4 rings (SSSR count). The van der Waals surface area contributed by atoms with Crippen LogP contribution in [0.1, 0.15) is 29.6 Å². The highest BCUT2D eigenvalue weighted by Gasteiger charge is 2.31. The lowest BCUT2D eigenvalue weighted by atomic mass is 9.97. The summed E-state index contributed by atoms with van der Waals surface area (Å²) in [6.45, 7) is 0.812. The summed E-state index contributed by atoms with van der Waals surface area (Å²) in [5.41, 5.74) is 1.94. The Hall–Kier alpha value is -2.69. The highest BCUT2D eigenvalue weighted by molar-refractivity contribution is 5.69. The van der Waals surface area contributed by atoms with Gasteiger partial charge in [0.1, 0.15) is 12.4 Å². The van der Waals surface area contributed by atoms with Crippen LogP contribution >= 0.6 is 0 Å². The van der Waals surface area contributed by atoms with Gasteiger partial charge in [-0.2, -0.15) is 0 Å². The first-order chi connectivity index (χ1) is 11.2. The van der Waals surface area contributed by atoms with Crippen molar-refractivity contribution in [1.82, 2.24) is 0 Å². The molecule has 5 heteroatoms. The molecule has 2 unspecified atom stereocenters. The number of hydrogen-bond donors (Lipinski definition) is 1. The van der Waals surface area contributed by atoms with Crippen molar-refractivity contribution >= 4 is 5.97 Å². The van der Waals surface area contributed by atoms with Crippen LogP contribution in [0, 0.1) is 0 Å². The van der Waals surface area contributed by atoms with Gasteiger partial charge in [-0.3, -0.25) is 4.79 Å². The summed E-state index contributed by atoms with van der Waals surface area (Å²) < 4.78 is 17.5. The van der Waals surface area contributed by atoms with Crippen LogP contribution in [0.4, 0.5) is 0 Å². The Bertz CT molecular complexity index is 741. The zero-order valence-electron chi connectivity index (χ0n) is 12.4. The first-order valence-corrected chi connectivity index (χ1v) is 7.57. The maximum Gasteiger partial charge on any atom is 0.304 e. The Morgan fingerprint density at radius 1 is 1.04 bits per heavy atom. The van der Waals surface area contributed by atoms with Crippen LogP contribution in [0.15, 0.2) is 42.5 Å². The van der Waals surface area contributed by atoms with Crippen LogP contribution in [0.5, 0.6) is 17.2 Å². The van der Waals surface area contributed by atoms with E-state index in [1.165, 1.54) is 0 Å². The lowest BCUT2D eigenvalue weighted by molar-refractivity contribution is -0.137. The Balaban J connectivity index is 1.61. The molecule has 23 heavy (non-hydrogen) atoms. The van der Waals surface area contributed by atoms with Gasteiger partial charge in [-0.15, -0.1) is 0 Å². The van der Waals surface area contributed by atoms with Crippen LogP contribution in [-0.2, 0) is 4.79 Å². The van der Waals surface area contributed by atoms with Crippen LogP contribution in [-0.4, -0.2) is 24.3 Å². The molecule has 0 aliphatic carbocycles. The van der Waals surface area contributed by atoms with E-state index >= 15 is 0 Å². The molecule has 2 aliphatic heterocycles. The van der Waals surface area contributed by atoms with Gasteiger partial charge in [0.05, 0.1) is 13.0 Å². The van der Waals surface area contributed by atoms with Crippen LogP contribution in [0.2, 0.25) is 0 Å². The quantitative estimate of drug-likeness (QED) is 0.943. The molecule has 0 radical (unpaired) electrons. The standard InChI is InChI=1S/C18H16O5/c19-18(20)6-12-9-21-14-8-16-15(7-13(12)14)22-10-17(23-16)11-4-2-1-3-5-11/h1-5,7-8,12,17H,6,9-10H2,(H,19,20). The van der Waals surface area contributed by atoms with E-state index in [1.807, 2.05) is 42.5 Å². The first-order valence-electron chi connectivity index (χ1n) is 7.57. The van der Waals surface area contributed by atoms with Gasteiger partial charge in [0.25, 0.3) is 0 Å². The minimum absolute atomic E-state index is 0.0548. The van der Waals surface area contributed by atoms with Crippen molar-refractivity contribution < 1.29 is 24.1 Å². The summed E-state index contributed by atoms with van der Waals surface area (Å²) in [5, 5.41) is 8.99. The third kappa shape index (κ3) is 2.59. The summed E-state index contributed by atoms with van der Waals surface area (Å²) >= 11 is 0. The Labute approximate surface area is 133 Å². The molecular formula is C18H16O5. The largest absolute Gasteiger partial charge is 0.492 e. The monoisotopic (exact) mass is 312 g/mol. The summed E-state index contributed by atoms with van der Waals surface area (Å²) in [6, 6.07) is 13.6. The topological polar surface area (TPSA) is 65.0 Å². The van der Waals surface area contributed by atoms with Crippen molar-refractivity contribution in [2.24, 2.45) is 0 Å². The summed E-state index contributed by atoms with van der Waals surface area (Å²) in [5.74, 6) is 1.01. The van der Waals surface area contributed by atoms with E-state index in [2.05, 4.69) is 0 Å². The summed E-state index contributed by atoms with van der Waals surface area (Å²) in [7, 11) is 0. The van der Waals surface area contributed by atoms with Gasteiger partial charge in [0.15, 0.2) is 17.6 Å². The Morgan fingerprint density at radius 3 is 2.61 bits per heavy atom. The fourth-order valence-corrected chi connectivity index (χ4v) is 3.05. The normalized spacial score (nSPS) is 21.4. The van der Waals surface area contributed by atoms with Crippen LogP contribution in [0.25, 0.3) is 0 Å². The number of carboxylic acid groups (broad SMARTS) is 1. The smallest absolute Gasteiger partial charge is 0.304 e. The summed E-state index contributed by atoms with van der Waals surface area (Å²) in [6.07, 6.45) is -0.0998. The van der Waals surface area contributed by atoms with E-state index in [0.717, 1.165) is 11.1 Å². The van der Waals surface area contributed by atoms with Gasteiger partial charge >= 0.3 is 5.97 Å². The van der Waals surface area contributed by atoms with Gasteiger partial charge < -0.3 is 19.3 Å². The zero-order chi connectivity index (χ0) is 15.8. The molecule has 0 spiro atoms. The van der Waals surface area contributed by atoms with Crippen molar-refractivity contribution in [1.29, 1.82) is 0 Å². The molecule has 0 bridgehead atoms. The predicted molar refractivity (Wildman–Crippen MR) is 82.2 cm³/mol. The third-order valence-electron chi connectivity index (χ3n) is 4.21. The number of aliphatic carboxylic acids is 1. The number of benzene rings is 2. The Kier molecular flexibility index (Phi) is 3.33. The van der Waals surface area contributed by atoms with Gasteiger partial charge in [-0.1, -0.05) is 30.3 Å². The molecule has 0 saturated heterocycles. The van der Waals surface area contributed by atoms with E-state index in [9.17, 15) is 4.79 Å². The number of rotatable bonds is 3. The van der Waals surface area contributed by atoms with E-state index < -0.39 is 5.97 Å². The third-order valence-corrected chi connectivity index (χ3v) is 4.21. The predicted octanol–water partition coefficient (Wildman–Crippen LogP) is 3.15. The second-order valence-corrected chi connectivity index (χ2v) is 5.77. The lowest BCUT2D eigenvalue weighted by Gasteiger charge is -2.27. The van der Waals surface area contributed by atoms with Crippen molar-refractivity contribution in [2.45, 2.75) is 18.4 Å². The van der Waals surface area contributed by atoms with Crippen LogP contribution in [0.3, 0.4) is 0 Å². The number of fused-ring (bicyclic) bond motifs is 2. The van der Waals surface area contributed by atoms with Crippen molar-refractivity contribution in [3.63, 3.8) is 0 Å². The average molecular weight is 312 g/mol. The maximum atomic E-state index is 10.9. The number of ether oxygens (including phenoxy) is 3. The molecule has 0 saturated carbocycles. The summed E-state index contributed by atoms with van der Waals surface area (Å²) in [4.78, 5) is 10.9. The molecule has 1 N–H and O–H groups in total. The fourth-order valence-electron chi connectivity index (χ4n) is 3.05. The van der Waals surface area contributed by atoms with Gasteiger partial charge in [0.2, 0.25) is 0 Å². The molecule has 2 heterocycles. The highest BCUT2D eigenvalue weighted by atomic mass is 16.6. The van der Waals surface area contributed by atoms with Crippen molar-refractivity contribution in [2.75, 3.05) is 13.2 Å². The minimum Gasteiger partial charge on any atom is -0.492 e. The first kappa shape index (κ1) is 13.9. The van der Waals surface area contributed by atoms with E-state index in [1.54, 1.807) is 0 Å². The van der Waals surface area contributed by atoms with Crippen LogP contribution < -0.4 is 14.2 Å². The molecule has 0 amide bonds. The van der Waals surface area contributed by atoms with E-state index in [4.69, 9.17) is 19.3 Å². The second-order valence-electron chi connectivity index (χ2n) is 5.77. The average Bonchev–Trinajstić information content (AvgIpc) is 2.94. The molecule has 2 aromatic carbocycles. The number of hydrogen-bond acceptors (Lipinski definition) is 4. The highest BCUT2D eigenvalue weighted by Crippen LogP contribution is 2.46. The minimum atomic E-state index is -0.828. The molecule has 0 fully saturated rings. The fraction of sp³-hybridized carbons (Fsp3) is 0.278. The van der Waals surface area contributed by atoms with E-state index in [0.29, 0.717) is 30.5 Å². The van der Waals surface area contributed by atoms with Gasteiger partial charge in [-0.05, 0) is 11.6 Å². The molecule has 118 valence electrons. The molecule has 2 aliphatic rings.